The summed E-state index contributed by atoms with van der Waals surface area (Å²) in [5, 5.41) is 3.54. The van der Waals surface area contributed by atoms with E-state index in [0.717, 1.165) is 32.8 Å². The third-order valence-electron chi connectivity index (χ3n) is 4.39. The summed E-state index contributed by atoms with van der Waals surface area (Å²) in [6, 6.07) is 0.533. The molecule has 1 N–H and O–H groups in total. The first-order valence-corrected chi connectivity index (χ1v) is 7.25. The number of nitrogens with zero attached hydrogens (tertiary/aromatic N) is 1. The highest BCUT2D eigenvalue weighted by Crippen LogP contribution is 2.25. The minimum absolute atomic E-state index is 0.0470. The van der Waals surface area contributed by atoms with Gasteiger partial charge in [-0.15, -0.1) is 0 Å². The summed E-state index contributed by atoms with van der Waals surface area (Å²) in [6.45, 7) is 10.6. The largest absolute Gasteiger partial charge is 0.379 e. The van der Waals surface area contributed by atoms with Crippen molar-refractivity contribution in [2.45, 2.75) is 38.3 Å². The van der Waals surface area contributed by atoms with Crippen LogP contribution in [0.1, 0.15) is 26.7 Å². The molecule has 2 rings (SSSR count). The molecule has 2 heterocycles. The summed E-state index contributed by atoms with van der Waals surface area (Å²) in [5.74, 6) is 0.629. The van der Waals surface area contributed by atoms with Crippen molar-refractivity contribution in [3.63, 3.8) is 0 Å². The molecule has 0 aromatic heterocycles. The molecule has 3 atom stereocenters. The van der Waals surface area contributed by atoms with Crippen molar-refractivity contribution in [3.8, 4) is 0 Å². The van der Waals surface area contributed by atoms with Crippen LogP contribution >= 0.6 is 0 Å². The van der Waals surface area contributed by atoms with E-state index in [0.29, 0.717) is 12.0 Å². The molecule has 4 heteroatoms. The second kappa shape index (κ2) is 6.33. The molecule has 106 valence electrons. The minimum Gasteiger partial charge on any atom is -0.379 e. The van der Waals surface area contributed by atoms with Crippen LogP contribution in [0.5, 0.6) is 0 Å². The van der Waals surface area contributed by atoms with Gasteiger partial charge in [-0.1, -0.05) is 6.92 Å². The van der Waals surface area contributed by atoms with Gasteiger partial charge in [0.1, 0.15) is 0 Å². The molecule has 0 spiro atoms. The van der Waals surface area contributed by atoms with Crippen LogP contribution in [0.3, 0.4) is 0 Å². The van der Waals surface area contributed by atoms with Crippen molar-refractivity contribution in [1.82, 2.24) is 10.2 Å². The molecule has 2 aliphatic heterocycles. The Morgan fingerprint density at radius 1 is 1.44 bits per heavy atom. The monoisotopic (exact) mass is 256 g/mol. The Bertz CT molecular complexity index is 262. The molecule has 2 saturated heterocycles. The Kier molecular flexibility index (Phi) is 5.01. The van der Waals surface area contributed by atoms with Crippen LogP contribution < -0.4 is 5.32 Å². The van der Waals surface area contributed by atoms with Gasteiger partial charge in [-0.2, -0.15) is 0 Å². The summed E-state index contributed by atoms with van der Waals surface area (Å²) >= 11 is 0. The van der Waals surface area contributed by atoms with E-state index in [1.165, 1.54) is 19.4 Å². The third-order valence-corrected chi connectivity index (χ3v) is 4.39. The Hall–Kier alpha value is -0.160. The van der Waals surface area contributed by atoms with E-state index in [-0.39, 0.29) is 5.60 Å². The number of methoxy groups -OCH3 is 1. The highest BCUT2D eigenvalue weighted by Gasteiger charge is 2.34. The van der Waals surface area contributed by atoms with Crippen LogP contribution in [0.4, 0.5) is 0 Å². The van der Waals surface area contributed by atoms with E-state index in [2.05, 4.69) is 24.1 Å². The van der Waals surface area contributed by atoms with Gasteiger partial charge in [0.05, 0.1) is 18.8 Å². The number of hydrogen-bond donors (Lipinski definition) is 1. The van der Waals surface area contributed by atoms with Crippen LogP contribution in [0, 0.1) is 5.92 Å². The van der Waals surface area contributed by atoms with E-state index < -0.39 is 0 Å². The van der Waals surface area contributed by atoms with Crippen LogP contribution in [-0.2, 0) is 9.47 Å². The lowest BCUT2D eigenvalue weighted by Crippen LogP contribution is -2.50. The Morgan fingerprint density at radius 3 is 3.00 bits per heavy atom. The number of rotatable bonds is 5. The molecule has 0 amide bonds. The van der Waals surface area contributed by atoms with Crippen molar-refractivity contribution in [2.24, 2.45) is 5.92 Å². The standard InChI is InChI=1S/C14H28N2O2/c1-4-15-13-10-18-9-12(13)8-16-7-5-6-14(2,11-16)17-3/h12-13,15H,4-11H2,1-3H3. The Labute approximate surface area is 111 Å². The van der Waals surface area contributed by atoms with Gasteiger partial charge in [0.25, 0.3) is 0 Å². The highest BCUT2D eigenvalue weighted by molar-refractivity contribution is 4.89. The number of hydrogen-bond acceptors (Lipinski definition) is 4. The average Bonchev–Trinajstić information content (AvgIpc) is 2.77. The van der Waals surface area contributed by atoms with Gasteiger partial charge in [-0.25, -0.2) is 0 Å². The van der Waals surface area contributed by atoms with Crippen molar-refractivity contribution in [2.75, 3.05) is 46.5 Å². The zero-order valence-electron chi connectivity index (χ0n) is 12.1. The van der Waals surface area contributed by atoms with Crippen LogP contribution in [0.25, 0.3) is 0 Å². The smallest absolute Gasteiger partial charge is 0.0777 e. The predicted octanol–water partition coefficient (Wildman–Crippen LogP) is 1.11. The van der Waals surface area contributed by atoms with Gasteiger partial charge >= 0.3 is 0 Å². The quantitative estimate of drug-likeness (QED) is 0.799. The van der Waals surface area contributed by atoms with Gasteiger partial charge in [0, 0.05) is 32.2 Å². The van der Waals surface area contributed by atoms with Gasteiger partial charge in [-0.3, -0.25) is 0 Å². The van der Waals surface area contributed by atoms with Crippen molar-refractivity contribution in [1.29, 1.82) is 0 Å². The second-order valence-corrected chi connectivity index (χ2v) is 5.95. The van der Waals surface area contributed by atoms with Gasteiger partial charge in [0.15, 0.2) is 0 Å². The summed E-state index contributed by atoms with van der Waals surface area (Å²) in [4.78, 5) is 2.55. The molecule has 0 bridgehead atoms. The van der Waals surface area contributed by atoms with Crippen LogP contribution in [0.2, 0.25) is 0 Å². The molecule has 4 nitrogen and oxygen atoms in total. The van der Waals surface area contributed by atoms with E-state index in [4.69, 9.17) is 9.47 Å². The fourth-order valence-corrected chi connectivity index (χ4v) is 3.23. The second-order valence-electron chi connectivity index (χ2n) is 5.95. The lowest BCUT2D eigenvalue weighted by atomic mass is 9.93. The SMILES string of the molecule is CCNC1COCC1CN1CCCC(C)(OC)C1. The third kappa shape index (κ3) is 3.44. The van der Waals surface area contributed by atoms with Gasteiger partial charge in [-0.05, 0) is 32.9 Å². The van der Waals surface area contributed by atoms with Crippen LogP contribution in [0.15, 0.2) is 0 Å². The summed E-state index contributed by atoms with van der Waals surface area (Å²) in [7, 11) is 1.84. The Morgan fingerprint density at radius 2 is 2.28 bits per heavy atom. The number of ether oxygens (including phenoxy) is 2. The number of nitrogens with one attached hydrogen (secondary N) is 1. The molecular formula is C14H28N2O2. The normalized spacial score (nSPS) is 38.2. The molecule has 0 aromatic rings. The fraction of sp³-hybridized carbons (Fsp3) is 1.00. The van der Waals surface area contributed by atoms with Crippen molar-refractivity contribution < 1.29 is 9.47 Å². The first-order chi connectivity index (χ1) is 8.67. The minimum atomic E-state index is 0.0470. The lowest BCUT2D eigenvalue weighted by molar-refractivity contribution is -0.0542. The van der Waals surface area contributed by atoms with E-state index in [1.54, 1.807) is 0 Å². The molecule has 18 heavy (non-hydrogen) atoms. The summed E-state index contributed by atoms with van der Waals surface area (Å²) < 4.78 is 11.3. The van der Waals surface area contributed by atoms with E-state index >= 15 is 0 Å². The van der Waals surface area contributed by atoms with Crippen LogP contribution in [-0.4, -0.2) is 63.0 Å². The maximum absolute atomic E-state index is 5.66. The summed E-state index contributed by atoms with van der Waals surface area (Å²) in [5.41, 5.74) is 0.0470. The number of piperidine rings is 1. The molecule has 0 aromatic carbocycles. The average molecular weight is 256 g/mol. The van der Waals surface area contributed by atoms with Gasteiger partial charge in [0.2, 0.25) is 0 Å². The maximum Gasteiger partial charge on any atom is 0.0777 e. The first-order valence-electron chi connectivity index (χ1n) is 7.25. The van der Waals surface area contributed by atoms with Crippen molar-refractivity contribution >= 4 is 0 Å². The molecule has 0 radical (unpaired) electrons. The molecule has 0 aliphatic carbocycles. The van der Waals surface area contributed by atoms with Crippen molar-refractivity contribution in [3.05, 3.63) is 0 Å². The molecule has 3 unspecified atom stereocenters. The van der Waals surface area contributed by atoms with Gasteiger partial charge < -0.3 is 19.7 Å². The molecular weight excluding hydrogens is 228 g/mol. The first kappa shape index (κ1) is 14.3. The lowest BCUT2D eigenvalue weighted by Gasteiger charge is -2.40. The number of likely N-dealkylation sites (tertiary alicyclic amines) is 1. The summed E-state index contributed by atoms with van der Waals surface area (Å²) in [6.07, 6.45) is 2.42. The van der Waals surface area contributed by atoms with E-state index in [9.17, 15) is 0 Å². The number of likely N-dealkylation sites (N-methyl/N-ethyl adjacent to an activating group) is 1. The fourth-order valence-electron chi connectivity index (χ4n) is 3.23. The highest BCUT2D eigenvalue weighted by atomic mass is 16.5. The van der Waals surface area contributed by atoms with E-state index in [1.807, 2.05) is 7.11 Å². The molecule has 0 saturated carbocycles. The molecule has 2 fully saturated rings. The zero-order valence-corrected chi connectivity index (χ0v) is 12.1. The molecule has 2 aliphatic rings. The topological polar surface area (TPSA) is 33.7 Å². The maximum atomic E-state index is 5.66. The predicted molar refractivity (Wildman–Crippen MR) is 72.9 cm³/mol. The Balaban J connectivity index is 1.85. The zero-order chi connectivity index (χ0) is 13.0.